The molecule has 47 heavy (non-hydrogen) atoms. The second-order valence-electron chi connectivity index (χ2n) is 12.0. The molecular weight excluding hydrogens is 607 g/mol. The molecule has 2 aromatic heterocycles. The molecule has 0 bridgehead atoms. The van der Waals surface area contributed by atoms with E-state index in [9.17, 15) is 4.79 Å². The third-order valence-electron chi connectivity index (χ3n) is 7.59. The summed E-state index contributed by atoms with van der Waals surface area (Å²) in [6.45, 7) is 26.9. The van der Waals surface area contributed by atoms with Gasteiger partial charge in [0.15, 0.2) is 11.5 Å². The van der Waals surface area contributed by atoms with Crippen LogP contribution in [0.15, 0.2) is 61.0 Å². The van der Waals surface area contributed by atoms with Gasteiger partial charge in [-0.1, -0.05) is 105 Å². The van der Waals surface area contributed by atoms with Crippen molar-refractivity contribution in [2.24, 2.45) is 5.92 Å². The summed E-state index contributed by atoms with van der Waals surface area (Å²) < 4.78 is 19.4. The quantitative estimate of drug-likeness (QED) is 0.132. The predicted octanol–water partition coefficient (Wildman–Crippen LogP) is 9.09. The van der Waals surface area contributed by atoms with Crippen LogP contribution in [0.4, 0.5) is 0 Å². The molecule has 266 valence electrons. The lowest BCUT2D eigenvalue weighted by atomic mass is 10.0. The maximum atomic E-state index is 10.4. The SMILES string of the molecule is C.C=C(OCc1cccc2nnc(C(C)COCc3ccccc3)n12)N1CCOCC1.CC.CC(=O)C(C)(C)P.CCCC(C)CC. The summed E-state index contributed by atoms with van der Waals surface area (Å²) in [5, 5.41) is 8.54. The Morgan fingerprint density at radius 1 is 1.02 bits per heavy atom. The van der Waals surface area contributed by atoms with Gasteiger partial charge in [-0.15, -0.1) is 19.4 Å². The summed E-state index contributed by atoms with van der Waals surface area (Å²) in [5.74, 6) is 2.79. The lowest BCUT2D eigenvalue weighted by Crippen LogP contribution is -2.36. The predicted molar refractivity (Wildman–Crippen MR) is 201 cm³/mol. The molecule has 0 amide bonds. The van der Waals surface area contributed by atoms with Crippen LogP contribution in [0.1, 0.15) is 112 Å². The fourth-order valence-electron chi connectivity index (χ4n) is 4.22. The molecule has 0 radical (unpaired) electrons. The molecule has 3 atom stereocenters. The van der Waals surface area contributed by atoms with E-state index in [0.717, 1.165) is 41.7 Å². The number of Topliss-reactive ketones (excluding diaryl/α,β-unsaturated/α-hetero) is 1. The summed E-state index contributed by atoms with van der Waals surface area (Å²) in [6.07, 6.45) is 4.08. The molecule has 3 unspecified atom stereocenters. The van der Waals surface area contributed by atoms with Gasteiger partial charge in [0.25, 0.3) is 0 Å². The first-order chi connectivity index (χ1) is 22.0. The Morgan fingerprint density at radius 3 is 2.17 bits per heavy atom. The molecule has 0 aliphatic carbocycles. The number of ketones is 1. The zero-order valence-electron chi connectivity index (χ0n) is 30.1. The Kier molecular flexibility index (Phi) is 22.9. The first kappa shape index (κ1) is 44.2. The largest absolute Gasteiger partial charge is 0.473 e. The van der Waals surface area contributed by atoms with E-state index < -0.39 is 0 Å². The minimum Gasteiger partial charge on any atom is -0.473 e. The van der Waals surface area contributed by atoms with Crippen LogP contribution >= 0.6 is 9.24 Å². The second kappa shape index (κ2) is 24.4. The summed E-state index contributed by atoms with van der Waals surface area (Å²) in [6, 6.07) is 16.1. The molecule has 1 aliphatic heterocycles. The number of ether oxygens (including phenoxy) is 3. The molecular formula is C38H65N4O4P. The fraction of sp³-hybridized carbons (Fsp3) is 0.605. The molecule has 3 heterocycles. The molecule has 3 aromatic rings. The number of rotatable bonds is 13. The summed E-state index contributed by atoms with van der Waals surface area (Å²) in [4.78, 5) is 12.6. The zero-order valence-corrected chi connectivity index (χ0v) is 31.2. The van der Waals surface area contributed by atoms with E-state index in [-0.39, 0.29) is 24.3 Å². The number of aromatic nitrogens is 3. The molecule has 0 saturated carbocycles. The van der Waals surface area contributed by atoms with Crippen LogP contribution in [-0.4, -0.2) is 63.3 Å². The number of hydrogen-bond donors (Lipinski definition) is 0. The molecule has 1 aromatic carbocycles. The van der Waals surface area contributed by atoms with Gasteiger partial charge in [-0.3, -0.25) is 9.20 Å². The Balaban J connectivity index is 0.00000104. The van der Waals surface area contributed by atoms with Crippen molar-refractivity contribution in [1.82, 2.24) is 19.5 Å². The first-order valence-electron chi connectivity index (χ1n) is 16.9. The maximum absolute atomic E-state index is 10.4. The van der Waals surface area contributed by atoms with E-state index in [4.69, 9.17) is 14.2 Å². The number of morpholine rings is 1. The van der Waals surface area contributed by atoms with Crippen molar-refractivity contribution in [3.63, 3.8) is 0 Å². The Bertz CT molecular complexity index is 1250. The van der Waals surface area contributed by atoms with Crippen LogP contribution < -0.4 is 0 Å². The average Bonchev–Trinajstić information content (AvgIpc) is 3.51. The minimum absolute atomic E-state index is 0. The van der Waals surface area contributed by atoms with Gasteiger partial charge in [-0.25, -0.2) is 0 Å². The number of carbonyl (C=O) groups is 1. The summed E-state index contributed by atoms with van der Waals surface area (Å²) >= 11 is 0. The number of fused-ring (bicyclic) bond motifs is 1. The van der Waals surface area contributed by atoms with Crippen molar-refractivity contribution in [2.75, 3.05) is 32.9 Å². The van der Waals surface area contributed by atoms with E-state index in [1.54, 1.807) is 6.92 Å². The molecule has 0 N–H and O–H groups in total. The molecule has 1 saturated heterocycles. The number of carbonyl (C=O) groups excluding carboxylic acids is 1. The van der Waals surface area contributed by atoms with Gasteiger partial charge in [0.2, 0.25) is 0 Å². The normalized spacial score (nSPS) is 13.7. The van der Waals surface area contributed by atoms with Crippen LogP contribution in [0.25, 0.3) is 5.65 Å². The third-order valence-corrected chi connectivity index (χ3v) is 8.00. The minimum atomic E-state index is -0.222. The van der Waals surface area contributed by atoms with Gasteiger partial charge >= 0.3 is 0 Å². The van der Waals surface area contributed by atoms with E-state index in [1.807, 2.05) is 64.1 Å². The second-order valence-corrected chi connectivity index (χ2v) is 13.5. The van der Waals surface area contributed by atoms with Crippen molar-refractivity contribution in [2.45, 2.75) is 113 Å². The molecule has 8 nitrogen and oxygen atoms in total. The van der Waals surface area contributed by atoms with Crippen molar-refractivity contribution < 1.29 is 19.0 Å². The molecule has 1 aliphatic rings. The number of hydrogen-bond acceptors (Lipinski definition) is 7. The first-order valence-corrected chi connectivity index (χ1v) is 17.4. The highest BCUT2D eigenvalue weighted by atomic mass is 31.0. The average molecular weight is 673 g/mol. The lowest BCUT2D eigenvalue weighted by molar-refractivity contribution is -0.118. The standard InChI is InChI=1S/C23H28N4O3.C7H16.C5H11OP.C2H6.CH4/c1-18(15-29-16-20-7-4-3-5-8-20)23-25-24-22-10-6-9-21(27(22)23)17-30-19(2)26-11-13-28-14-12-26;1-4-6-7(3)5-2;1-4(6)5(2,3)7;1-2;/h3-10,18H,2,11-17H2,1H3;7H,4-6H2,1-3H3;7H2,1-3H3;1-2H3;1H4. The van der Waals surface area contributed by atoms with Gasteiger partial charge in [-0.05, 0) is 51.0 Å². The molecule has 4 rings (SSSR count). The summed E-state index contributed by atoms with van der Waals surface area (Å²) in [5.41, 5.74) is 2.95. The van der Waals surface area contributed by atoms with Gasteiger partial charge in [-0.2, -0.15) is 0 Å². The summed E-state index contributed by atoms with van der Waals surface area (Å²) in [7, 11) is 2.48. The van der Waals surface area contributed by atoms with E-state index >= 15 is 0 Å². The molecule has 0 spiro atoms. The molecule has 9 heteroatoms. The van der Waals surface area contributed by atoms with Crippen molar-refractivity contribution in [3.8, 4) is 0 Å². The van der Waals surface area contributed by atoms with Crippen LogP contribution in [0.5, 0.6) is 0 Å². The van der Waals surface area contributed by atoms with Gasteiger partial charge < -0.3 is 19.1 Å². The van der Waals surface area contributed by atoms with Crippen molar-refractivity contribution in [1.29, 1.82) is 0 Å². The lowest BCUT2D eigenvalue weighted by Gasteiger charge is -2.29. The van der Waals surface area contributed by atoms with Gasteiger partial charge in [0.1, 0.15) is 18.2 Å². The van der Waals surface area contributed by atoms with Crippen LogP contribution in [0.2, 0.25) is 0 Å². The van der Waals surface area contributed by atoms with Gasteiger partial charge in [0, 0.05) is 24.2 Å². The topological polar surface area (TPSA) is 78.2 Å². The van der Waals surface area contributed by atoms with Crippen LogP contribution in [-0.2, 0) is 32.2 Å². The van der Waals surface area contributed by atoms with E-state index in [1.165, 1.54) is 19.3 Å². The highest BCUT2D eigenvalue weighted by molar-refractivity contribution is 7.20. The van der Waals surface area contributed by atoms with E-state index in [2.05, 4.69) is 75.1 Å². The third kappa shape index (κ3) is 16.7. The number of benzene rings is 1. The smallest absolute Gasteiger partial charge is 0.182 e. The van der Waals surface area contributed by atoms with Crippen LogP contribution in [0.3, 0.4) is 0 Å². The monoisotopic (exact) mass is 672 g/mol. The zero-order chi connectivity index (χ0) is 34.5. The van der Waals surface area contributed by atoms with Crippen molar-refractivity contribution >= 4 is 20.7 Å². The highest BCUT2D eigenvalue weighted by Crippen LogP contribution is 2.20. The molecule has 1 fully saturated rings. The number of nitrogens with zero attached hydrogens (tertiary/aromatic N) is 4. The van der Waals surface area contributed by atoms with Crippen molar-refractivity contribution in [3.05, 3.63) is 78.1 Å². The Hall–Kier alpha value is -2.80. The number of pyridine rings is 1. The fourth-order valence-corrected chi connectivity index (χ4v) is 4.22. The highest BCUT2D eigenvalue weighted by Gasteiger charge is 2.18. The Labute approximate surface area is 288 Å². The van der Waals surface area contributed by atoms with E-state index in [0.29, 0.717) is 38.9 Å². The van der Waals surface area contributed by atoms with Gasteiger partial charge in [0.05, 0.1) is 32.1 Å². The van der Waals surface area contributed by atoms with Crippen LogP contribution in [0, 0.1) is 5.92 Å². The maximum Gasteiger partial charge on any atom is 0.182 e. The Morgan fingerprint density at radius 2 is 1.64 bits per heavy atom.